The molecule has 1 aromatic carbocycles. The van der Waals surface area contributed by atoms with E-state index in [4.69, 9.17) is 22.7 Å². The Kier molecular flexibility index (Phi) is 4.66. The molecule has 0 aliphatic carbocycles. The van der Waals surface area contributed by atoms with E-state index in [2.05, 4.69) is 5.32 Å². The van der Waals surface area contributed by atoms with Crippen molar-refractivity contribution in [2.24, 2.45) is 5.73 Å². The average Bonchev–Trinajstić information content (AvgIpc) is 2.59. The van der Waals surface area contributed by atoms with Gasteiger partial charge in [0.25, 0.3) is 0 Å². The maximum absolute atomic E-state index is 11.0. The van der Waals surface area contributed by atoms with E-state index in [1.165, 1.54) is 11.8 Å². The summed E-state index contributed by atoms with van der Waals surface area (Å²) in [6, 6.07) is 3.66. The van der Waals surface area contributed by atoms with Gasteiger partial charge in [0, 0.05) is 17.3 Å². The number of rotatable bonds is 2. The van der Waals surface area contributed by atoms with Gasteiger partial charge in [-0.15, -0.1) is 0 Å². The molecule has 4 N–H and O–H groups in total. The van der Waals surface area contributed by atoms with Gasteiger partial charge in [-0.3, -0.25) is 5.41 Å². The van der Waals surface area contributed by atoms with E-state index >= 15 is 0 Å². The SMILES string of the molecule is N=C(N)SCc1c(Cl)ccc2c1CCNCC2=C=O. The van der Waals surface area contributed by atoms with E-state index in [9.17, 15) is 4.79 Å². The molecule has 1 aliphatic heterocycles. The topological polar surface area (TPSA) is 79.0 Å². The first-order chi connectivity index (χ1) is 9.13. The van der Waals surface area contributed by atoms with Crippen molar-refractivity contribution in [3.8, 4) is 0 Å². The van der Waals surface area contributed by atoms with Crippen molar-refractivity contribution in [1.29, 1.82) is 5.41 Å². The van der Waals surface area contributed by atoms with Crippen LogP contribution in [0, 0.1) is 5.41 Å². The second kappa shape index (κ2) is 6.26. The van der Waals surface area contributed by atoms with Gasteiger partial charge in [0.1, 0.15) is 5.94 Å². The number of thioether (sulfide) groups is 1. The minimum absolute atomic E-state index is 0.0616. The maximum Gasteiger partial charge on any atom is 0.151 e. The Labute approximate surface area is 120 Å². The van der Waals surface area contributed by atoms with Gasteiger partial charge in [0.05, 0.1) is 5.57 Å². The van der Waals surface area contributed by atoms with Gasteiger partial charge in [-0.25, -0.2) is 4.79 Å². The first kappa shape index (κ1) is 14.2. The number of nitrogens with one attached hydrogen (secondary N) is 2. The predicted octanol–water partition coefficient (Wildman–Crippen LogP) is 1.83. The molecule has 19 heavy (non-hydrogen) atoms. The molecule has 0 spiro atoms. The molecular formula is C13H14ClN3OS. The van der Waals surface area contributed by atoms with Crippen molar-refractivity contribution in [3.63, 3.8) is 0 Å². The van der Waals surface area contributed by atoms with Crippen LogP contribution in [-0.4, -0.2) is 24.2 Å². The summed E-state index contributed by atoms with van der Waals surface area (Å²) in [4.78, 5) is 11.0. The van der Waals surface area contributed by atoms with Crippen LogP contribution in [0.2, 0.25) is 5.02 Å². The molecule has 6 heteroatoms. The van der Waals surface area contributed by atoms with E-state index in [0.29, 0.717) is 22.9 Å². The van der Waals surface area contributed by atoms with Crippen LogP contribution in [0.15, 0.2) is 12.1 Å². The molecule has 0 bridgehead atoms. The molecule has 0 unspecified atom stereocenters. The normalized spacial score (nSPS) is 14.5. The summed E-state index contributed by atoms with van der Waals surface area (Å²) < 4.78 is 0. The van der Waals surface area contributed by atoms with Gasteiger partial charge >= 0.3 is 0 Å². The lowest BCUT2D eigenvalue weighted by Gasteiger charge is -2.13. The lowest BCUT2D eigenvalue weighted by atomic mass is 9.95. The van der Waals surface area contributed by atoms with Gasteiger partial charge in [-0.05, 0) is 35.7 Å². The second-order valence-corrected chi connectivity index (χ2v) is 5.64. The zero-order chi connectivity index (χ0) is 13.8. The Hall–Kier alpha value is -1.26. The van der Waals surface area contributed by atoms with Crippen molar-refractivity contribution < 1.29 is 4.79 Å². The first-order valence-electron chi connectivity index (χ1n) is 5.85. The smallest absolute Gasteiger partial charge is 0.151 e. The third kappa shape index (κ3) is 3.19. The highest BCUT2D eigenvalue weighted by atomic mass is 35.5. The van der Waals surface area contributed by atoms with E-state index in [0.717, 1.165) is 29.7 Å². The molecule has 4 nitrogen and oxygen atoms in total. The minimum atomic E-state index is 0.0616. The van der Waals surface area contributed by atoms with E-state index in [1.807, 2.05) is 12.0 Å². The fourth-order valence-electron chi connectivity index (χ4n) is 2.15. The molecule has 1 aliphatic rings. The van der Waals surface area contributed by atoms with Crippen LogP contribution in [0.4, 0.5) is 0 Å². The average molecular weight is 296 g/mol. The van der Waals surface area contributed by atoms with Gasteiger partial charge in [0.15, 0.2) is 5.17 Å². The summed E-state index contributed by atoms with van der Waals surface area (Å²) in [6.45, 7) is 1.31. The number of benzene rings is 1. The molecule has 0 radical (unpaired) electrons. The van der Waals surface area contributed by atoms with Crippen molar-refractivity contribution in [1.82, 2.24) is 5.32 Å². The fraction of sp³-hybridized carbons (Fsp3) is 0.308. The summed E-state index contributed by atoms with van der Waals surface area (Å²) in [6.07, 6.45) is 0.800. The number of carbonyl (C=O) groups excluding carboxylic acids is 1. The van der Waals surface area contributed by atoms with Crippen molar-refractivity contribution in [2.75, 3.05) is 13.1 Å². The van der Waals surface area contributed by atoms with Crippen LogP contribution < -0.4 is 11.1 Å². The third-order valence-electron chi connectivity index (χ3n) is 3.05. The molecule has 0 aromatic heterocycles. The second-order valence-electron chi connectivity index (χ2n) is 4.21. The lowest BCUT2D eigenvalue weighted by Crippen LogP contribution is -2.16. The largest absolute Gasteiger partial charge is 0.379 e. The Balaban J connectivity index is 2.48. The van der Waals surface area contributed by atoms with E-state index in [1.54, 1.807) is 6.07 Å². The van der Waals surface area contributed by atoms with Gasteiger partial charge in [-0.1, -0.05) is 29.4 Å². The highest BCUT2D eigenvalue weighted by molar-refractivity contribution is 8.13. The molecule has 0 saturated carbocycles. The Bertz CT molecular complexity index is 567. The number of halogens is 1. The molecule has 1 heterocycles. The van der Waals surface area contributed by atoms with Crippen LogP contribution in [0.1, 0.15) is 16.7 Å². The van der Waals surface area contributed by atoms with Crippen molar-refractivity contribution in [3.05, 3.63) is 33.8 Å². The van der Waals surface area contributed by atoms with Gasteiger partial charge in [-0.2, -0.15) is 0 Å². The highest BCUT2D eigenvalue weighted by Crippen LogP contribution is 2.31. The molecule has 0 atom stereocenters. The molecular weight excluding hydrogens is 282 g/mol. The minimum Gasteiger partial charge on any atom is -0.379 e. The van der Waals surface area contributed by atoms with Crippen LogP contribution in [0.3, 0.4) is 0 Å². The van der Waals surface area contributed by atoms with Crippen LogP contribution in [0.25, 0.3) is 5.57 Å². The summed E-state index contributed by atoms with van der Waals surface area (Å²) in [5, 5.41) is 11.2. The number of nitrogens with two attached hydrogens (primary N) is 1. The molecule has 0 saturated heterocycles. The molecule has 0 fully saturated rings. The predicted molar refractivity (Wildman–Crippen MR) is 80.3 cm³/mol. The monoisotopic (exact) mass is 295 g/mol. The van der Waals surface area contributed by atoms with E-state index in [-0.39, 0.29) is 5.17 Å². The summed E-state index contributed by atoms with van der Waals surface area (Å²) in [5.74, 6) is 2.54. The maximum atomic E-state index is 11.0. The third-order valence-corrected chi connectivity index (χ3v) is 4.15. The molecule has 1 aromatic rings. The number of fused-ring (bicyclic) bond motifs is 1. The highest BCUT2D eigenvalue weighted by Gasteiger charge is 2.18. The number of hydrogen-bond donors (Lipinski definition) is 3. The Morgan fingerprint density at radius 3 is 3.05 bits per heavy atom. The zero-order valence-electron chi connectivity index (χ0n) is 10.3. The van der Waals surface area contributed by atoms with E-state index < -0.39 is 0 Å². The van der Waals surface area contributed by atoms with Gasteiger partial charge < -0.3 is 11.1 Å². The lowest BCUT2D eigenvalue weighted by molar-refractivity contribution is 0.569. The molecule has 0 amide bonds. The standard InChI is InChI=1S/C13H14ClN3OS/c14-12-2-1-9-8(6-18)5-17-4-3-10(9)11(12)7-19-13(15)16/h1-2,17H,3-5,7H2,(H3,15,16). The first-order valence-corrected chi connectivity index (χ1v) is 7.22. The van der Waals surface area contributed by atoms with Gasteiger partial charge in [0.2, 0.25) is 0 Å². The zero-order valence-corrected chi connectivity index (χ0v) is 11.8. The van der Waals surface area contributed by atoms with Crippen LogP contribution in [-0.2, 0) is 17.0 Å². The molecule has 100 valence electrons. The molecule has 2 rings (SSSR count). The summed E-state index contributed by atoms with van der Waals surface area (Å²) in [5.41, 5.74) is 8.92. The fourth-order valence-corrected chi connectivity index (χ4v) is 3.10. The van der Waals surface area contributed by atoms with Crippen molar-refractivity contribution >= 4 is 40.0 Å². The number of hydrogen-bond acceptors (Lipinski definition) is 4. The van der Waals surface area contributed by atoms with Crippen molar-refractivity contribution in [2.45, 2.75) is 12.2 Å². The summed E-state index contributed by atoms with van der Waals surface area (Å²) in [7, 11) is 0. The summed E-state index contributed by atoms with van der Waals surface area (Å²) >= 11 is 7.47. The quantitative estimate of drug-likeness (QED) is 0.442. The van der Waals surface area contributed by atoms with Crippen LogP contribution in [0.5, 0.6) is 0 Å². The Morgan fingerprint density at radius 2 is 2.37 bits per heavy atom. The number of amidine groups is 1. The van der Waals surface area contributed by atoms with Crippen LogP contribution >= 0.6 is 23.4 Å². The Morgan fingerprint density at radius 1 is 1.58 bits per heavy atom.